The maximum Gasteiger partial charge on any atom is 0.329 e. The van der Waals surface area contributed by atoms with E-state index in [1.807, 2.05) is 0 Å². The van der Waals surface area contributed by atoms with Crippen molar-refractivity contribution in [1.82, 2.24) is 5.32 Å². The van der Waals surface area contributed by atoms with Crippen molar-refractivity contribution < 1.29 is 19.2 Å². The van der Waals surface area contributed by atoms with Crippen LogP contribution in [0.5, 0.6) is 0 Å². The zero-order valence-electron chi connectivity index (χ0n) is 11.4. The molecule has 1 atom stereocenters. The first-order valence-electron chi connectivity index (χ1n) is 6.02. The Kier molecular flexibility index (Phi) is 5.89. The van der Waals surface area contributed by atoms with Crippen LogP contribution >= 0.6 is 0 Å². The number of rotatable bonds is 6. The largest absolute Gasteiger partial charge is 0.467 e. The molecular formula is C14H14N2O5. The fraction of sp³-hybridized carbons (Fsp3) is 0.286. The summed E-state index contributed by atoms with van der Waals surface area (Å²) in [6.07, 6.45) is 5.03. The predicted octanol–water partition coefficient (Wildman–Crippen LogP) is 0.818. The number of carbonyl (C=O) groups excluding carboxylic acids is 2. The first kappa shape index (κ1) is 16.2. The Morgan fingerprint density at radius 3 is 2.81 bits per heavy atom. The summed E-state index contributed by atoms with van der Waals surface area (Å²) >= 11 is 0. The number of amides is 1. The van der Waals surface area contributed by atoms with E-state index < -0.39 is 22.8 Å². The van der Waals surface area contributed by atoms with Gasteiger partial charge in [0.05, 0.1) is 18.5 Å². The third-order valence-electron chi connectivity index (χ3n) is 2.63. The van der Waals surface area contributed by atoms with E-state index >= 15 is 0 Å². The van der Waals surface area contributed by atoms with Gasteiger partial charge in [-0.25, -0.2) is 4.79 Å². The summed E-state index contributed by atoms with van der Waals surface area (Å²) in [4.78, 5) is 33.4. The predicted molar refractivity (Wildman–Crippen MR) is 74.2 cm³/mol. The highest BCUT2D eigenvalue weighted by Gasteiger charge is 2.20. The van der Waals surface area contributed by atoms with E-state index in [0.717, 1.165) is 0 Å². The van der Waals surface area contributed by atoms with E-state index in [9.17, 15) is 19.7 Å². The third-order valence-corrected chi connectivity index (χ3v) is 2.63. The van der Waals surface area contributed by atoms with Crippen LogP contribution < -0.4 is 5.32 Å². The smallest absolute Gasteiger partial charge is 0.329 e. The van der Waals surface area contributed by atoms with Gasteiger partial charge in [-0.3, -0.25) is 14.9 Å². The molecule has 1 aromatic carbocycles. The number of hydrogen-bond acceptors (Lipinski definition) is 5. The van der Waals surface area contributed by atoms with Crippen molar-refractivity contribution in [3.8, 4) is 12.3 Å². The zero-order valence-corrected chi connectivity index (χ0v) is 11.4. The van der Waals surface area contributed by atoms with Crippen LogP contribution in [0.15, 0.2) is 24.3 Å². The zero-order chi connectivity index (χ0) is 15.8. The highest BCUT2D eigenvalue weighted by Crippen LogP contribution is 2.13. The molecule has 0 aromatic heterocycles. The topological polar surface area (TPSA) is 98.5 Å². The Morgan fingerprint density at radius 2 is 2.24 bits per heavy atom. The van der Waals surface area contributed by atoms with Crippen LogP contribution in [0, 0.1) is 22.5 Å². The third kappa shape index (κ3) is 4.95. The van der Waals surface area contributed by atoms with Gasteiger partial charge in [0.2, 0.25) is 5.91 Å². The second kappa shape index (κ2) is 7.65. The van der Waals surface area contributed by atoms with Crippen LogP contribution in [-0.4, -0.2) is 30.0 Å². The molecule has 21 heavy (non-hydrogen) atoms. The van der Waals surface area contributed by atoms with Crippen molar-refractivity contribution in [1.29, 1.82) is 0 Å². The van der Waals surface area contributed by atoms with Crippen LogP contribution in [0.3, 0.4) is 0 Å². The van der Waals surface area contributed by atoms with Crippen LogP contribution in [-0.2, 0) is 20.7 Å². The van der Waals surface area contributed by atoms with Gasteiger partial charge < -0.3 is 10.1 Å². The first-order chi connectivity index (χ1) is 9.97. The van der Waals surface area contributed by atoms with Crippen LogP contribution in [0.25, 0.3) is 0 Å². The molecule has 0 aliphatic heterocycles. The number of nitrogens with zero attached hydrogens (tertiary/aromatic N) is 1. The molecule has 1 rings (SSSR count). The standard InChI is InChI=1S/C14H14N2O5/c1-3-5-12(14(18)21-2)15-13(17)9-10-6-4-7-11(8-10)16(19)20/h1,4,6-8,12H,5,9H2,2H3,(H,15,17)/t12-/m0/s1. The Balaban J connectivity index is 2.72. The summed E-state index contributed by atoms with van der Waals surface area (Å²) in [5.74, 6) is 1.16. The Hall–Kier alpha value is -2.88. The summed E-state index contributed by atoms with van der Waals surface area (Å²) in [5, 5.41) is 13.1. The number of non-ortho nitro benzene ring substituents is 1. The number of nitrogens with one attached hydrogen (secondary N) is 1. The number of ether oxygens (including phenoxy) is 1. The van der Waals surface area contributed by atoms with E-state index in [1.54, 1.807) is 6.07 Å². The van der Waals surface area contributed by atoms with Gasteiger partial charge in [-0.1, -0.05) is 12.1 Å². The van der Waals surface area contributed by atoms with Crippen LogP contribution in [0.2, 0.25) is 0 Å². The number of esters is 1. The van der Waals surface area contributed by atoms with Gasteiger partial charge in [0, 0.05) is 18.6 Å². The highest BCUT2D eigenvalue weighted by molar-refractivity contribution is 5.85. The molecule has 0 unspecified atom stereocenters. The summed E-state index contributed by atoms with van der Waals surface area (Å²) in [5.41, 5.74) is 0.361. The molecule has 1 aromatic rings. The van der Waals surface area contributed by atoms with Gasteiger partial charge in [-0.2, -0.15) is 0 Å². The van der Waals surface area contributed by atoms with Crippen LogP contribution in [0.4, 0.5) is 5.69 Å². The fourth-order valence-electron chi connectivity index (χ4n) is 1.66. The number of carbonyl (C=O) groups is 2. The molecule has 0 aliphatic carbocycles. The van der Waals surface area contributed by atoms with Crippen molar-refractivity contribution in [2.75, 3.05) is 7.11 Å². The monoisotopic (exact) mass is 290 g/mol. The molecule has 0 spiro atoms. The first-order valence-corrected chi connectivity index (χ1v) is 6.02. The lowest BCUT2D eigenvalue weighted by molar-refractivity contribution is -0.384. The minimum absolute atomic E-state index is 0.00729. The van der Waals surface area contributed by atoms with Gasteiger partial charge in [0.1, 0.15) is 6.04 Å². The number of methoxy groups -OCH3 is 1. The Bertz CT molecular complexity index is 591. The quantitative estimate of drug-likeness (QED) is 0.362. The number of hydrogen-bond donors (Lipinski definition) is 1. The summed E-state index contributed by atoms with van der Waals surface area (Å²) < 4.78 is 4.53. The Morgan fingerprint density at radius 1 is 1.52 bits per heavy atom. The van der Waals surface area contributed by atoms with Crippen molar-refractivity contribution in [2.24, 2.45) is 0 Å². The molecule has 0 saturated carbocycles. The Labute approximate surface area is 121 Å². The highest BCUT2D eigenvalue weighted by atomic mass is 16.6. The minimum atomic E-state index is -0.925. The molecular weight excluding hydrogens is 276 g/mol. The lowest BCUT2D eigenvalue weighted by Gasteiger charge is -2.13. The van der Waals surface area contributed by atoms with Crippen molar-refractivity contribution in [3.63, 3.8) is 0 Å². The molecule has 0 saturated heterocycles. The van der Waals surface area contributed by atoms with Crippen molar-refractivity contribution >= 4 is 17.6 Å². The number of nitro groups is 1. The molecule has 0 bridgehead atoms. The van der Waals surface area contributed by atoms with E-state index in [0.29, 0.717) is 5.56 Å². The van der Waals surface area contributed by atoms with Gasteiger partial charge >= 0.3 is 5.97 Å². The van der Waals surface area contributed by atoms with Gasteiger partial charge in [0.25, 0.3) is 5.69 Å². The average Bonchev–Trinajstić information content (AvgIpc) is 2.46. The van der Waals surface area contributed by atoms with Gasteiger partial charge in [0.15, 0.2) is 0 Å². The molecule has 1 N–H and O–H groups in total. The van der Waals surface area contributed by atoms with Crippen molar-refractivity contribution in [2.45, 2.75) is 18.9 Å². The molecule has 0 radical (unpaired) electrons. The van der Waals surface area contributed by atoms with E-state index in [2.05, 4.69) is 16.0 Å². The summed E-state index contributed by atoms with van der Waals surface area (Å²) in [6.45, 7) is 0. The molecule has 0 fully saturated rings. The molecule has 1 amide bonds. The maximum absolute atomic E-state index is 11.8. The average molecular weight is 290 g/mol. The molecule has 0 aliphatic rings. The molecule has 7 heteroatoms. The molecule has 7 nitrogen and oxygen atoms in total. The maximum atomic E-state index is 11.8. The second-order valence-electron chi connectivity index (χ2n) is 4.16. The molecule has 110 valence electrons. The number of benzene rings is 1. The fourth-order valence-corrected chi connectivity index (χ4v) is 1.66. The lowest BCUT2D eigenvalue weighted by atomic mass is 10.1. The number of terminal acetylenes is 1. The van der Waals surface area contributed by atoms with E-state index in [4.69, 9.17) is 6.42 Å². The van der Waals surface area contributed by atoms with E-state index in [1.165, 1.54) is 25.3 Å². The summed E-state index contributed by atoms with van der Waals surface area (Å²) in [7, 11) is 1.19. The lowest BCUT2D eigenvalue weighted by Crippen LogP contribution is -2.41. The van der Waals surface area contributed by atoms with Gasteiger partial charge in [-0.05, 0) is 5.56 Å². The minimum Gasteiger partial charge on any atom is -0.467 e. The molecule has 0 heterocycles. The summed E-state index contributed by atoms with van der Waals surface area (Å²) in [6, 6.07) is 4.78. The van der Waals surface area contributed by atoms with E-state index in [-0.39, 0.29) is 18.5 Å². The van der Waals surface area contributed by atoms with Crippen molar-refractivity contribution in [3.05, 3.63) is 39.9 Å². The SMILES string of the molecule is C#CC[C@H](NC(=O)Cc1cccc([N+](=O)[O-])c1)C(=O)OC. The van der Waals surface area contributed by atoms with Crippen LogP contribution in [0.1, 0.15) is 12.0 Å². The normalized spacial score (nSPS) is 11.0. The number of nitro benzene ring substituents is 1. The second-order valence-corrected chi connectivity index (χ2v) is 4.16. The van der Waals surface area contributed by atoms with Gasteiger partial charge in [-0.15, -0.1) is 12.3 Å².